The van der Waals surface area contributed by atoms with Gasteiger partial charge in [0.1, 0.15) is 17.2 Å². The highest BCUT2D eigenvalue weighted by Crippen LogP contribution is 2.35. The lowest BCUT2D eigenvalue weighted by Crippen LogP contribution is -2.29. The van der Waals surface area contributed by atoms with Gasteiger partial charge in [0, 0.05) is 18.2 Å². The molecule has 1 aromatic rings. The van der Waals surface area contributed by atoms with E-state index in [0.717, 1.165) is 0 Å². The van der Waals surface area contributed by atoms with Gasteiger partial charge in [0.2, 0.25) is 0 Å². The number of alkyl halides is 1. The lowest BCUT2D eigenvalue weighted by atomic mass is 9.96. The SMILES string of the molecule is CNCC(C)(F)c1ccc(OC)cc1OC. The number of hydrogen-bond acceptors (Lipinski definition) is 3. The van der Waals surface area contributed by atoms with Crippen LogP contribution in [-0.2, 0) is 5.67 Å². The molecule has 1 unspecified atom stereocenters. The van der Waals surface area contributed by atoms with E-state index in [2.05, 4.69) is 5.32 Å². The van der Waals surface area contributed by atoms with Crippen LogP contribution in [0.3, 0.4) is 0 Å². The summed E-state index contributed by atoms with van der Waals surface area (Å²) in [5.74, 6) is 1.15. The van der Waals surface area contributed by atoms with E-state index in [-0.39, 0.29) is 6.54 Å². The third-order valence-corrected chi connectivity index (χ3v) is 2.48. The Hall–Kier alpha value is -1.29. The van der Waals surface area contributed by atoms with Gasteiger partial charge in [-0.05, 0) is 26.1 Å². The number of methoxy groups -OCH3 is 2. The Labute approximate surface area is 95.6 Å². The van der Waals surface area contributed by atoms with Crippen LogP contribution in [-0.4, -0.2) is 27.8 Å². The highest BCUT2D eigenvalue weighted by atomic mass is 19.1. The predicted octanol–water partition coefficient (Wildman–Crippen LogP) is 2.11. The van der Waals surface area contributed by atoms with Gasteiger partial charge < -0.3 is 14.8 Å². The van der Waals surface area contributed by atoms with E-state index in [0.29, 0.717) is 17.1 Å². The molecular weight excluding hydrogens is 209 g/mol. The first-order chi connectivity index (χ1) is 7.55. The molecule has 0 spiro atoms. The summed E-state index contributed by atoms with van der Waals surface area (Å²) in [6.07, 6.45) is 0. The van der Waals surface area contributed by atoms with Crippen molar-refractivity contribution in [2.24, 2.45) is 0 Å². The monoisotopic (exact) mass is 227 g/mol. The molecule has 0 aliphatic carbocycles. The minimum absolute atomic E-state index is 0.232. The van der Waals surface area contributed by atoms with Crippen LogP contribution >= 0.6 is 0 Å². The molecule has 1 N–H and O–H groups in total. The minimum atomic E-state index is -1.47. The fraction of sp³-hybridized carbons (Fsp3) is 0.500. The van der Waals surface area contributed by atoms with E-state index in [1.165, 1.54) is 14.0 Å². The van der Waals surface area contributed by atoms with E-state index in [4.69, 9.17) is 9.47 Å². The van der Waals surface area contributed by atoms with Crippen molar-refractivity contribution >= 4 is 0 Å². The standard InChI is InChI=1S/C12H18FNO2/c1-12(13,8-14-2)10-6-5-9(15-3)7-11(10)16-4/h5-7,14H,8H2,1-4H3. The second-order valence-corrected chi connectivity index (χ2v) is 3.79. The van der Waals surface area contributed by atoms with Crippen LogP contribution in [0.1, 0.15) is 12.5 Å². The summed E-state index contributed by atoms with van der Waals surface area (Å²) < 4.78 is 24.6. The normalized spacial score (nSPS) is 14.3. The zero-order chi connectivity index (χ0) is 12.2. The third kappa shape index (κ3) is 2.64. The molecular formula is C12H18FNO2. The molecule has 0 radical (unpaired) electrons. The average molecular weight is 227 g/mol. The quantitative estimate of drug-likeness (QED) is 0.835. The van der Waals surface area contributed by atoms with Gasteiger partial charge in [0.15, 0.2) is 0 Å². The highest BCUT2D eigenvalue weighted by molar-refractivity contribution is 5.43. The summed E-state index contributed by atoms with van der Waals surface area (Å²) in [6, 6.07) is 5.10. The number of nitrogens with one attached hydrogen (secondary N) is 1. The fourth-order valence-electron chi connectivity index (χ4n) is 1.66. The maximum atomic E-state index is 14.3. The number of halogens is 1. The van der Waals surface area contributed by atoms with E-state index < -0.39 is 5.67 Å². The van der Waals surface area contributed by atoms with E-state index >= 15 is 0 Å². The summed E-state index contributed by atoms with van der Waals surface area (Å²) in [7, 11) is 4.80. The molecule has 1 atom stereocenters. The van der Waals surface area contributed by atoms with Crippen LogP contribution in [0.2, 0.25) is 0 Å². The van der Waals surface area contributed by atoms with Crippen molar-refractivity contribution in [1.82, 2.24) is 5.32 Å². The Morgan fingerprint density at radius 2 is 2.00 bits per heavy atom. The Balaban J connectivity index is 3.12. The van der Waals surface area contributed by atoms with Crippen LogP contribution in [0.4, 0.5) is 4.39 Å². The van der Waals surface area contributed by atoms with Crippen LogP contribution < -0.4 is 14.8 Å². The Morgan fingerprint density at radius 3 is 2.50 bits per heavy atom. The first-order valence-electron chi connectivity index (χ1n) is 5.11. The molecule has 0 bridgehead atoms. The summed E-state index contributed by atoms with van der Waals surface area (Å²) in [5.41, 5.74) is -0.947. The molecule has 0 saturated carbocycles. The molecule has 0 aromatic heterocycles. The topological polar surface area (TPSA) is 30.5 Å². The van der Waals surface area contributed by atoms with E-state index in [1.54, 1.807) is 32.4 Å². The van der Waals surface area contributed by atoms with Crippen molar-refractivity contribution in [3.63, 3.8) is 0 Å². The van der Waals surface area contributed by atoms with Gasteiger partial charge in [-0.25, -0.2) is 4.39 Å². The largest absolute Gasteiger partial charge is 0.497 e. The first-order valence-corrected chi connectivity index (χ1v) is 5.11. The number of ether oxygens (including phenoxy) is 2. The van der Waals surface area contributed by atoms with Gasteiger partial charge in [-0.1, -0.05) is 0 Å². The van der Waals surface area contributed by atoms with Gasteiger partial charge in [-0.3, -0.25) is 0 Å². The van der Waals surface area contributed by atoms with E-state index in [1.807, 2.05) is 0 Å². The van der Waals surface area contributed by atoms with E-state index in [9.17, 15) is 4.39 Å². The summed E-state index contributed by atoms with van der Waals surface area (Å²) in [6.45, 7) is 1.75. The smallest absolute Gasteiger partial charge is 0.149 e. The van der Waals surface area contributed by atoms with Crippen LogP contribution in [0, 0.1) is 0 Å². The highest BCUT2D eigenvalue weighted by Gasteiger charge is 2.28. The molecule has 4 heteroatoms. The van der Waals surface area contributed by atoms with Crippen LogP contribution in [0.25, 0.3) is 0 Å². The second kappa shape index (κ2) is 5.16. The molecule has 3 nitrogen and oxygen atoms in total. The molecule has 0 fully saturated rings. The second-order valence-electron chi connectivity index (χ2n) is 3.79. The Kier molecular flexibility index (Phi) is 4.12. The van der Waals surface area contributed by atoms with Gasteiger partial charge in [0.05, 0.1) is 14.2 Å². The third-order valence-electron chi connectivity index (χ3n) is 2.48. The van der Waals surface area contributed by atoms with Crippen LogP contribution in [0.15, 0.2) is 18.2 Å². The summed E-state index contributed by atoms with van der Waals surface area (Å²) in [4.78, 5) is 0. The molecule has 1 aromatic carbocycles. The van der Waals surface area contributed by atoms with Crippen LogP contribution in [0.5, 0.6) is 11.5 Å². The molecule has 90 valence electrons. The summed E-state index contributed by atoms with van der Waals surface area (Å²) in [5, 5.41) is 2.82. The molecule has 16 heavy (non-hydrogen) atoms. The van der Waals surface area contributed by atoms with Crippen molar-refractivity contribution in [3.8, 4) is 11.5 Å². The maximum absolute atomic E-state index is 14.3. The average Bonchev–Trinajstić information content (AvgIpc) is 2.28. The summed E-state index contributed by atoms with van der Waals surface area (Å²) >= 11 is 0. The zero-order valence-corrected chi connectivity index (χ0v) is 10.1. The zero-order valence-electron chi connectivity index (χ0n) is 10.1. The number of hydrogen-bond donors (Lipinski definition) is 1. The number of rotatable bonds is 5. The first kappa shape index (κ1) is 12.8. The molecule has 0 amide bonds. The molecule has 0 saturated heterocycles. The van der Waals surface area contributed by atoms with Crippen molar-refractivity contribution < 1.29 is 13.9 Å². The number of benzene rings is 1. The van der Waals surface area contributed by atoms with Gasteiger partial charge in [0.25, 0.3) is 0 Å². The van der Waals surface area contributed by atoms with Gasteiger partial charge in [-0.2, -0.15) is 0 Å². The predicted molar refractivity (Wildman–Crippen MR) is 61.9 cm³/mol. The molecule has 1 rings (SSSR count). The molecule has 0 aliphatic rings. The van der Waals surface area contributed by atoms with Crippen molar-refractivity contribution in [1.29, 1.82) is 0 Å². The lowest BCUT2D eigenvalue weighted by molar-refractivity contribution is 0.184. The van der Waals surface area contributed by atoms with Crippen molar-refractivity contribution in [3.05, 3.63) is 23.8 Å². The van der Waals surface area contributed by atoms with Crippen molar-refractivity contribution in [2.45, 2.75) is 12.6 Å². The number of likely N-dealkylation sites (N-methyl/N-ethyl adjacent to an activating group) is 1. The Bertz CT molecular complexity index is 353. The fourth-order valence-corrected chi connectivity index (χ4v) is 1.66. The lowest BCUT2D eigenvalue weighted by Gasteiger charge is -2.23. The maximum Gasteiger partial charge on any atom is 0.149 e. The molecule has 0 aliphatic heterocycles. The Morgan fingerprint density at radius 1 is 1.31 bits per heavy atom. The molecule has 0 heterocycles. The van der Waals surface area contributed by atoms with Gasteiger partial charge in [-0.15, -0.1) is 0 Å². The van der Waals surface area contributed by atoms with Gasteiger partial charge >= 0.3 is 0 Å². The minimum Gasteiger partial charge on any atom is -0.497 e. The van der Waals surface area contributed by atoms with Crippen molar-refractivity contribution in [2.75, 3.05) is 27.8 Å².